The summed E-state index contributed by atoms with van der Waals surface area (Å²) in [5, 5.41) is 0. The molecule has 144 valence electrons. The van der Waals surface area contributed by atoms with Gasteiger partial charge in [-0.3, -0.25) is 25.2 Å². The number of hydrazine groups is 1. The van der Waals surface area contributed by atoms with E-state index in [1.54, 1.807) is 31.2 Å². The Morgan fingerprint density at radius 3 is 2.22 bits per heavy atom. The molecule has 0 aliphatic rings. The van der Waals surface area contributed by atoms with E-state index in [-0.39, 0.29) is 5.78 Å². The number of aromatic amines is 1. The monoisotopic (exact) mass is 371 g/mol. The van der Waals surface area contributed by atoms with Crippen LogP contribution < -0.4 is 15.6 Å². The zero-order chi connectivity index (χ0) is 20.0. The molecule has 0 spiro atoms. The second kappa shape index (κ2) is 9.02. The molecular weight excluding hydrogens is 346 g/mol. The van der Waals surface area contributed by atoms with Crippen LogP contribution in [0.15, 0.2) is 24.3 Å². The highest BCUT2D eigenvalue weighted by Gasteiger charge is 2.22. The van der Waals surface area contributed by atoms with Crippen LogP contribution in [0.5, 0.6) is 5.75 Å². The summed E-state index contributed by atoms with van der Waals surface area (Å²) in [7, 11) is 0. The maximum atomic E-state index is 12.5. The van der Waals surface area contributed by atoms with Crippen molar-refractivity contribution in [2.45, 2.75) is 40.5 Å². The number of ketones is 1. The highest BCUT2D eigenvalue weighted by atomic mass is 16.5. The molecule has 1 heterocycles. The van der Waals surface area contributed by atoms with E-state index in [0.717, 1.165) is 6.42 Å². The molecule has 0 unspecified atom stereocenters. The quantitative estimate of drug-likeness (QED) is 0.514. The summed E-state index contributed by atoms with van der Waals surface area (Å²) < 4.78 is 5.33. The SMILES string of the molecule is CCCc1c(C(=O)NNC(=O)c2ccc(OCC)cc2)[nH]c(C)c1C(C)=O. The van der Waals surface area contributed by atoms with Gasteiger partial charge in [-0.25, -0.2) is 0 Å². The molecule has 2 aromatic rings. The molecule has 0 fully saturated rings. The Hall–Kier alpha value is -3.09. The predicted octanol–water partition coefficient (Wildman–Crippen LogP) is 2.95. The summed E-state index contributed by atoms with van der Waals surface area (Å²) >= 11 is 0. The summed E-state index contributed by atoms with van der Waals surface area (Å²) in [5.74, 6) is -0.363. The van der Waals surface area contributed by atoms with E-state index in [9.17, 15) is 14.4 Å². The number of hydrogen-bond donors (Lipinski definition) is 3. The molecule has 2 rings (SSSR count). The lowest BCUT2D eigenvalue weighted by molar-refractivity contribution is 0.0843. The summed E-state index contributed by atoms with van der Waals surface area (Å²) in [5.41, 5.74) is 7.35. The fraction of sp³-hybridized carbons (Fsp3) is 0.350. The first-order valence-electron chi connectivity index (χ1n) is 8.94. The Morgan fingerprint density at radius 2 is 1.67 bits per heavy atom. The second-order valence-corrected chi connectivity index (χ2v) is 6.15. The first-order chi connectivity index (χ1) is 12.9. The summed E-state index contributed by atoms with van der Waals surface area (Å²) in [4.78, 5) is 39.6. The van der Waals surface area contributed by atoms with Crippen LogP contribution in [0.3, 0.4) is 0 Å². The molecule has 0 radical (unpaired) electrons. The molecule has 2 amide bonds. The Bertz CT molecular complexity index is 838. The molecule has 7 heteroatoms. The third-order valence-electron chi connectivity index (χ3n) is 4.09. The zero-order valence-corrected chi connectivity index (χ0v) is 16.1. The van der Waals surface area contributed by atoms with Crippen molar-refractivity contribution >= 4 is 17.6 Å². The number of nitrogens with one attached hydrogen (secondary N) is 3. The topological polar surface area (TPSA) is 100 Å². The average molecular weight is 371 g/mol. The Morgan fingerprint density at radius 1 is 1.04 bits per heavy atom. The smallest absolute Gasteiger partial charge is 0.286 e. The van der Waals surface area contributed by atoms with Gasteiger partial charge in [-0.15, -0.1) is 0 Å². The van der Waals surface area contributed by atoms with Gasteiger partial charge < -0.3 is 9.72 Å². The third kappa shape index (κ3) is 4.75. The van der Waals surface area contributed by atoms with Crippen LogP contribution in [0.2, 0.25) is 0 Å². The summed E-state index contributed by atoms with van der Waals surface area (Å²) in [6.07, 6.45) is 1.38. The van der Waals surface area contributed by atoms with E-state index in [2.05, 4.69) is 15.8 Å². The van der Waals surface area contributed by atoms with Crippen molar-refractivity contribution in [2.75, 3.05) is 6.61 Å². The van der Waals surface area contributed by atoms with Gasteiger partial charge in [-0.2, -0.15) is 0 Å². The molecular formula is C20H25N3O4. The van der Waals surface area contributed by atoms with Crippen LogP contribution in [-0.2, 0) is 6.42 Å². The number of carbonyl (C=O) groups excluding carboxylic acids is 3. The lowest BCUT2D eigenvalue weighted by Crippen LogP contribution is -2.42. The number of aryl methyl sites for hydroxylation is 1. The van der Waals surface area contributed by atoms with Crippen molar-refractivity contribution in [3.63, 3.8) is 0 Å². The van der Waals surface area contributed by atoms with E-state index in [1.165, 1.54) is 6.92 Å². The number of aromatic nitrogens is 1. The number of Topliss-reactive ketones (excluding diaryl/α,β-unsaturated/α-hetero) is 1. The number of ether oxygens (including phenoxy) is 1. The van der Waals surface area contributed by atoms with Gasteiger partial charge in [0.1, 0.15) is 11.4 Å². The van der Waals surface area contributed by atoms with Gasteiger partial charge >= 0.3 is 0 Å². The Balaban J connectivity index is 2.10. The van der Waals surface area contributed by atoms with Crippen LogP contribution in [0.1, 0.15) is 69.7 Å². The maximum Gasteiger partial charge on any atom is 0.286 e. The number of rotatable bonds is 7. The van der Waals surface area contributed by atoms with Gasteiger partial charge in [-0.1, -0.05) is 13.3 Å². The molecule has 7 nitrogen and oxygen atoms in total. The fourth-order valence-electron chi connectivity index (χ4n) is 2.96. The molecule has 1 aromatic heterocycles. The van der Waals surface area contributed by atoms with E-state index in [0.29, 0.717) is 46.9 Å². The predicted molar refractivity (Wildman–Crippen MR) is 102 cm³/mol. The second-order valence-electron chi connectivity index (χ2n) is 6.15. The van der Waals surface area contributed by atoms with Crippen molar-refractivity contribution in [1.29, 1.82) is 0 Å². The first kappa shape index (κ1) is 20.2. The number of amides is 2. The Labute approximate surface area is 158 Å². The molecule has 27 heavy (non-hydrogen) atoms. The van der Waals surface area contributed by atoms with Crippen molar-refractivity contribution in [3.05, 3.63) is 52.3 Å². The number of benzene rings is 1. The minimum absolute atomic E-state index is 0.0929. The molecule has 3 N–H and O–H groups in total. The van der Waals surface area contributed by atoms with Gasteiger partial charge in [0.05, 0.1) is 6.61 Å². The standard InChI is InChI=1S/C20H25N3O4/c1-5-7-16-17(13(4)24)12(3)21-18(16)20(26)23-22-19(25)14-8-10-15(11-9-14)27-6-2/h8-11,21H,5-7H2,1-4H3,(H,22,25)(H,23,26). The van der Waals surface area contributed by atoms with Gasteiger partial charge in [0.2, 0.25) is 0 Å². The van der Waals surface area contributed by atoms with E-state index in [4.69, 9.17) is 4.74 Å². The van der Waals surface area contributed by atoms with E-state index >= 15 is 0 Å². The number of H-pyrrole nitrogens is 1. The average Bonchev–Trinajstić information content (AvgIpc) is 2.97. The van der Waals surface area contributed by atoms with Crippen molar-refractivity contribution < 1.29 is 19.1 Å². The van der Waals surface area contributed by atoms with Gasteiger partial charge in [0.25, 0.3) is 11.8 Å². The van der Waals surface area contributed by atoms with Gasteiger partial charge in [0.15, 0.2) is 5.78 Å². The lowest BCUT2D eigenvalue weighted by Gasteiger charge is -2.09. The fourth-order valence-corrected chi connectivity index (χ4v) is 2.96. The minimum atomic E-state index is -0.492. The molecule has 0 bridgehead atoms. The van der Waals surface area contributed by atoms with Crippen molar-refractivity contribution in [3.8, 4) is 5.75 Å². The number of hydrogen-bond acceptors (Lipinski definition) is 4. The van der Waals surface area contributed by atoms with Crippen LogP contribution in [0, 0.1) is 6.92 Å². The normalized spacial score (nSPS) is 10.4. The minimum Gasteiger partial charge on any atom is -0.494 e. The summed E-state index contributed by atoms with van der Waals surface area (Å²) in [6, 6.07) is 6.60. The molecule has 0 aliphatic heterocycles. The van der Waals surface area contributed by atoms with E-state index in [1.807, 2.05) is 13.8 Å². The van der Waals surface area contributed by atoms with Crippen molar-refractivity contribution in [1.82, 2.24) is 15.8 Å². The van der Waals surface area contributed by atoms with Crippen LogP contribution in [0.4, 0.5) is 0 Å². The summed E-state index contributed by atoms with van der Waals surface area (Å²) in [6.45, 7) is 7.62. The van der Waals surface area contributed by atoms with Gasteiger partial charge in [0, 0.05) is 16.8 Å². The molecule has 1 aromatic carbocycles. The maximum absolute atomic E-state index is 12.5. The third-order valence-corrected chi connectivity index (χ3v) is 4.09. The first-order valence-corrected chi connectivity index (χ1v) is 8.94. The van der Waals surface area contributed by atoms with Crippen molar-refractivity contribution in [2.24, 2.45) is 0 Å². The van der Waals surface area contributed by atoms with Gasteiger partial charge in [-0.05, 0) is 57.0 Å². The van der Waals surface area contributed by atoms with E-state index < -0.39 is 11.8 Å². The zero-order valence-electron chi connectivity index (χ0n) is 16.1. The Kier molecular flexibility index (Phi) is 6.76. The van der Waals surface area contributed by atoms with Crippen LogP contribution in [-0.4, -0.2) is 29.2 Å². The molecule has 0 saturated carbocycles. The highest BCUT2D eigenvalue weighted by molar-refractivity contribution is 6.03. The molecule has 0 aliphatic carbocycles. The number of carbonyl (C=O) groups is 3. The molecule has 0 saturated heterocycles. The largest absolute Gasteiger partial charge is 0.494 e. The van der Waals surface area contributed by atoms with Crippen LogP contribution >= 0.6 is 0 Å². The highest BCUT2D eigenvalue weighted by Crippen LogP contribution is 2.21. The van der Waals surface area contributed by atoms with Crippen LogP contribution in [0.25, 0.3) is 0 Å². The lowest BCUT2D eigenvalue weighted by atomic mass is 10.0. The molecule has 0 atom stereocenters.